The molecule has 0 saturated heterocycles. The zero-order valence-corrected chi connectivity index (χ0v) is 30.5. The van der Waals surface area contributed by atoms with Crippen LogP contribution in [0.4, 0.5) is 22.7 Å². The summed E-state index contributed by atoms with van der Waals surface area (Å²) in [7, 11) is -1.91. The smallest absolute Gasteiger partial charge is 0.0475 e. The third-order valence-corrected chi connectivity index (χ3v) is 16.1. The average Bonchev–Trinajstić information content (AvgIpc) is 4.00. The van der Waals surface area contributed by atoms with Crippen molar-refractivity contribution in [3.05, 3.63) is 178 Å². The lowest BCUT2D eigenvalue weighted by atomic mass is 10.1. The van der Waals surface area contributed by atoms with E-state index in [2.05, 4.69) is 168 Å². The summed E-state index contributed by atoms with van der Waals surface area (Å²) in [5.41, 5.74) is 15.7. The predicted molar refractivity (Wildman–Crippen MR) is 228 cm³/mol. The SMILES string of the molecule is C1=Cc2cc3c(cc2C1)Nc1cc2c(cc1P(c1ccccc1)c1cc4c(cc1Nc1cc5c(cc1P3c1ccccc1)CC=C5)CC=C4)CC=C2. The summed E-state index contributed by atoms with van der Waals surface area (Å²) in [5.74, 6) is 0. The molecule has 0 amide bonds. The second kappa shape index (κ2) is 12.2. The molecule has 52 heavy (non-hydrogen) atoms. The Balaban J connectivity index is 1.26. The zero-order valence-electron chi connectivity index (χ0n) is 28.7. The summed E-state index contributed by atoms with van der Waals surface area (Å²) in [5, 5.41) is 16.6. The van der Waals surface area contributed by atoms with Crippen LogP contribution in [0.1, 0.15) is 44.5 Å². The Labute approximate surface area is 307 Å². The van der Waals surface area contributed by atoms with Crippen LogP contribution < -0.4 is 42.5 Å². The van der Waals surface area contributed by atoms with Gasteiger partial charge in [0, 0.05) is 44.0 Å². The van der Waals surface area contributed by atoms with Gasteiger partial charge in [-0.05, 0) is 145 Å². The number of allylic oxidation sites excluding steroid dienone is 4. The van der Waals surface area contributed by atoms with Crippen LogP contribution in [0.15, 0.2) is 133 Å². The van der Waals surface area contributed by atoms with Crippen molar-refractivity contribution in [3.63, 3.8) is 0 Å². The lowest BCUT2D eigenvalue weighted by molar-refractivity contribution is 1.31. The zero-order chi connectivity index (χ0) is 34.2. The quantitative estimate of drug-likeness (QED) is 0.176. The topological polar surface area (TPSA) is 24.1 Å². The van der Waals surface area contributed by atoms with Crippen molar-refractivity contribution in [3.8, 4) is 0 Å². The van der Waals surface area contributed by atoms with Crippen molar-refractivity contribution in [2.75, 3.05) is 10.6 Å². The van der Waals surface area contributed by atoms with E-state index in [9.17, 15) is 0 Å². The van der Waals surface area contributed by atoms with Gasteiger partial charge in [-0.25, -0.2) is 0 Å². The Kier molecular flexibility index (Phi) is 7.11. The van der Waals surface area contributed by atoms with E-state index in [1.165, 1.54) is 99.1 Å². The number of rotatable bonds is 2. The molecular formula is C48H36N2P2. The van der Waals surface area contributed by atoms with Gasteiger partial charge in [-0.2, -0.15) is 0 Å². The molecule has 0 saturated carbocycles. The second-order valence-corrected chi connectivity index (χ2v) is 18.6. The summed E-state index contributed by atoms with van der Waals surface area (Å²) < 4.78 is 0. The van der Waals surface area contributed by atoms with Crippen LogP contribution in [0.2, 0.25) is 0 Å². The Hall–Kier alpha value is -5.26. The third kappa shape index (κ3) is 5.01. The monoisotopic (exact) mass is 702 g/mol. The van der Waals surface area contributed by atoms with Crippen LogP contribution >= 0.6 is 15.8 Å². The highest BCUT2D eigenvalue weighted by molar-refractivity contribution is 7.81. The maximum absolute atomic E-state index is 4.21. The fourth-order valence-corrected chi connectivity index (χ4v) is 13.7. The number of hydrogen-bond acceptors (Lipinski definition) is 2. The van der Waals surface area contributed by atoms with Crippen molar-refractivity contribution in [2.45, 2.75) is 25.7 Å². The molecule has 4 heteroatoms. The first kappa shape index (κ1) is 30.4. The standard InChI is InChI=1S/C48H36N2P2/c1-3-19-39(20-4-1)51-45-27-35-15-7-11-31(35)23-41(45)49-43-25-33-13-9-17-37(33)29-47(43)52(40-21-5-2-6-22-40)48-30-38-18-10-14-34(38)26-44(48)50-42-24-32-12-8-16-36(32)28-46(42)51/h1-11,14,16-17,19-30,49-50H,12-13,15,18H2. The Morgan fingerprint density at radius 1 is 0.346 bits per heavy atom. The number of nitrogens with one attached hydrogen (secondary N) is 2. The van der Waals surface area contributed by atoms with E-state index in [0.717, 1.165) is 25.7 Å². The highest BCUT2D eigenvalue weighted by atomic mass is 31.1. The molecule has 0 spiro atoms. The maximum Gasteiger partial charge on any atom is 0.0475 e. The molecular weight excluding hydrogens is 666 g/mol. The molecule has 0 fully saturated rings. The fourth-order valence-electron chi connectivity index (χ4n) is 8.57. The van der Waals surface area contributed by atoms with Gasteiger partial charge < -0.3 is 10.6 Å². The van der Waals surface area contributed by atoms with Gasteiger partial charge in [0.1, 0.15) is 0 Å². The molecule has 6 aromatic carbocycles. The van der Waals surface area contributed by atoms with Crippen LogP contribution in [0.3, 0.4) is 0 Å². The van der Waals surface area contributed by atoms with Crippen LogP contribution in [0, 0.1) is 0 Å². The minimum atomic E-state index is -0.956. The van der Waals surface area contributed by atoms with Crippen molar-refractivity contribution in [1.82, 2.24) is 0 Å². The number of fused-ring (bicyclic) bond motifs is 8. The summed E-state index contributed by atoms with van der Waals surface area (Å²) in [6.07, 6.45) is 22.4. The normalized spacial score (nSPS) is 18.1. The molecule has 0 radical (unpaired) electrons. The van der Waals surface area contributed by atoms with E-state index in [1.54, 1.807) is 0 Å². The first-order valence-corrected chi connectivity index (χ1v) is 21.0. The largest absolute Gasteiger partial charge is 0.354 e. The van der Waals surface area contributed by atoms with Crippen LogP contribution in [0.5, 0.6) is 0 Å². The molecule has 11 rings (SSSR count). The Bertz CT molecular complexity index is 2400. The molecule has 2 nitrogen and oxygen atoms in total. The summed E-state index contributed by atoms with van der Waals surface area (Å²) in [4.78, 5) is 0. The molecule has 0 aromatic heterocycles. The number of anilines is 4. The molecule has 2 unspecified atom stereocenters. The van der Waals surface area contributed by atoms with Gasteiger partial charge in [-0.1, -0.05) is 109 Å². The highest BCUT2D eigenvalue weighted by Crippen LogP contribution is 2.47. The summed E-state index contributed by atoms with van der Waals surface area (Å²) in [6, 6.07) is 42.3. The van der Waals surface area contributed by atoms with Crippen molar-refractivity contribution >= 4 is 94.7 Å². The molecule has 4 aliphatic carbocycles. The molecule has 2 atom stereocenters. The van der Waals surface area contributed by atoms with E-state index >= 15 is 0 Å². The number of hydrogen-bond donors (Lipinski definition) is 2. The van der Waals surface area contributed by atoms with E-state index in [-0.39, 0.29) is 0 Å². The first-order valence-electron chi connectivity index (χ1n) is 18.3. The minimum Gasteiger partial charge on any atom is -0.354 e. The van der Waals surface area contributed by atoms with Crippen molar-refractivity contribution in [2.24, 2.45) is 0 Å². The van der Waals surface area contributed by atoms with E-state index < -0.39 is 15.8 Å². The molecule has 6 aromatic rings. The lowest BCUT2D eigenvalue weighted by Crippen LogP contribution is -2.30. The Morgan fingerprint density at radius 2 is 0.673 bits per heavy atom. The predicted octanol–water partition coefficient (Wildman–Crippen LogP) is 9.28. The van der Waals surface area contributed by atoms with Crippen LogP contribution in [-0.4, -0.2) is 0 Å². The van der Waals surface area contributed by atoms with Crippen molar-refractivity contribution in [1.29, 1.82) is 0 Å². The van der Waals surface area contributed by atoms with Crippen LogP contribution in [0.25, 0.3) is 24.3 Å². The highest BCUT2D eigenvalue weighted by Gasteiger charge is 2.31. The van der Waals surface area contributed by atoms with Gasteiger partial charge in [0.15, 0.2) is 0 Å². The number of benzene rings is 6. The van der Waals surface area contributed by atoms with Gasteiger partial charge in [-0.15, -0.1) is 0 Å². The molecule has 0 bridgehead atoms. The molecule has 1 heterocycles. The lowest BCUT2D eigenvalue weighted by Gasteiger charge is -2.31. The second-order valence-electron chi connectivity index (χ2n) is 14.3. The van der Waals surface area contributed by atoms with Gasteiger partial charge >= 0.3 is 0 Å². The first-order chi connectivity index (χ1) is 25.7. The van der Waals surface area contributed by atoms with E-state index in [1.807, 2.05) is 0 Å². The summed E-state index contributed by atoms with van der Waals surface area (Å²) in [6.45, 7) is 0. The fraction of sp³-hybridized carbons (Fsp3) is 0.0833. The minimum absolute atomic E-state index is 0.956. The van der Waals surface area contributed by atoms with Crippen molar-refractivity contribution < 1.29 is 0 Å². The molecule has 5 aliphatic rings. The molecule has 248 valence electrons. The van der Waals surface area contributed by atoms with Gasteiger partial charge in [0.25, 0.3) is 0 Å². The molecule has 1 aliphatic heterocycles. The van der Waals surface area contributed by atoms with Crippen LogP contribution in [-0.2, 0) is 25.7 Å². The van der Waals surface area contributed by atoms with Gasteiger partial charge in [0.2, 0.25) is 0 Å². The van der Waals surface area contributed by atoms with Gasteiger partial charge in [0.05, 0.1) is 0 Å². The van der Waals surface area contributed by atoms with E-state index in [0.29, 0.717) is 0 Å². The molecule has 2 N–H and O–H groups in total. The maximum atomic E-state index is 4.21. The average molecular weight is 703 g/mol. The van der Waals surface area contributed by atoms with Gasteiger partial charge in [-0.3, -0.25) is 0 Å². The Morgan fingerprint density at radius 3 is 1.08 bits per heavy atom. The van der Waals surface area contributed by atoms with E-state index in [4.69, 9.17) is 0 Å². The third-order valence-electron chi connectivity index (χ3n) is 11.1. The summed E-state index contributed by atoms with van der Waals surface area (Å²) >= 11 is 0.